The first-order valence-corrected chi connectivity index (χ1v) is 4.98. The van der Waals surface area contributed by atoms with Gasteiger partial charge in [0.05, 0.1) is 13.2 Å². The van der Waals surface area contributed by atoms with Crippen molar-refractivity contribution in [2.45, 2.75) is 50.0 Å². The lowest BCUT2D eigenvalue weighted by molar-refractivity contribution is 0.176. The lowest BCUT2D eigenvalue weighted by Gasteiger charge is -1.99. The molecule has 0 saturated carbocycles. The van der Waals surface area contributed by atoms with Gasteiger partial charge in [-0.1, -0.05) is 61.8 Å². The van der Waals surface area contributed by atoms with Crippen molar-refractivity contribution < 1.29 is 9.47 Å². The Morgan fingerprint density at radius 2 is 1.50 bits per heavy atom. The molecule has 116 valence electrons. The third-order valence-electron chi connectivity index (χ3n) is 1.50. The molecule has 0 aromatic rings. The van der Waals surface area contributed by atoms with Gasteiger partial charge < -0.3 is 9.47 Å². The third kappa shape index (κ3) is 45.3. The fourth-order valence-corrected chi connectivity index (χ4v) is 0.662. The highest BCUT2D eigenvalue weighted by molar-refractivity contribution is 4.79. The molecule has 0 saturated heterocycles. The molecule has 0 radical (unpaired) electrons. The first-order valence-electron chi connectivity index (χ1n) is 4.98. The van der Waals surface area contributed by atoms with Crippen LogP contribution in [0, 0.1) is 5.92 Å². The second kappa shape index (κ2) is 36.0. The zero-order chi connectivity index (χ0) is 11.2. The monoisotopic (exact) mass is 264 g/mol. The van der Waals surface area contributed by atoms with Gasteiger partial charge in [-0.25, -0.2) is 0 Å². The molecule has 0 bridgehead atoms. The lowest BCUT2D eigenvalue weighted by Crippen LogP contribution is -1.97. The van der Waals surface area contributed by atoms with E-state index >= 15 is 0 Å². The quantitative estimate of drug-likeness (QED) is 0.581. The summed E-state index contributed by atoms with van der Waals surface area (Å²) in [7, 11) is 3.39. The molecule has 1 atom stereocenters. The Morgan fingerprint density at radius 3 is 1.72 bits per heavy atom. The van der Waals surface area contributed by atoms with E-state index in [1.54, 1.807) is 14.2 Å². The Bertz CT molecular complexity index is 131. The number of hydrogen-bond acceptors (Lipinski definition) is 2. The molecule has 18 heavy (non-hydrogen) atoms. The molecule has 0 aromatic heterocycles. The van der Waals surface area contributed by atoms with Gasteiger partial charge in [-0.3, -0.25) is 0 Å². The second-order valence-electron chi connectivity index (χ2n) is 3.00. The topological polar surface area (TPSA) is 18.5 Å². The van der Waals surface area contributed by atoms with E-state index in [1.165, 1.54) is 0 Å². The molecule has 2 heteroatoms. The van der Waals surface area contributed by atoms with Crippen molar-refractivity contribution in [2.24, 2.45) is 5.92 Å². The molecule has 0 fully saturated rings. The summed E-state index contributed by atoms with van der Waals surface area (Å²) in [4.78, 5) is 0. The lowest BCUT2D eigenvalue weighted by atomic mass is 10.2. The standard InChI is InChI=1S/2C6H12O.4CH4/c1-4-6(2)5-7-3;1-3-4-5-6-7-2;;;;/h4,6H,1,5H2,2-3H3;4-5H,3,6H2,1-2H3;4*1H4. The van der Waals surface area contributed by atoms with Crippen LogP contribution in [0.1, 0.15) is 50.0 Å². The fraction of sp³-hybridized carbons (Fsp3) is 0.750. The van der Waals surface area contributed by atoms with Crippen LogP contribution in [0.3, 0.4) is 0 Å². The summed E-state index contributed by atoms with van der Waals surface area (Å²) in [5.41, 5.74) is 0. The van der Waals surface area contributed by atoms with Crippen molar-refractivity contribution in [3.63, 3.8) is 0 Å². The van der Waals surface area contributed by atoms with Crippen LogP contribution in [0.15, 0.2) is 24.8 Å². The maximum atomic E-state index is 4.82. The van der Waals surface area contributed by atoms with Crippen molar-refractivity contribution in [1.82, 2.24) is 0 Å². The first kappa shape index (κ1) is 36.0. The molecule has 0 spiro atoms. The summed E-state index contributed by atoms with van der Waals surface area (Å²) < 4.78 is 9.58. The van der Waals surface area contributed by atoms with Crippen molar-refractivity contribution in [3.05, 3.63) is 24.8 Å². The highest BCUT2D eigenvalue weighted by atomic mass is 16.5. The molecule has 0 heterocycles. The molecule has 0 aliphatic rings. The Balaban J connectivity index is -0.0000000327. The number of methoxy groups -OCH3 is 2. The van der Waals surface area contributed by atoms with Crippen LogP contribution in [0.5, 0.6) is 0 Å². The van der Waals surface area contributed by atoms with Crippen LogP contribution >= 0.6 is 0 Å². The summed E-state index contributed by atoms with van der Waals surface area (Å²) in [6.45, 7) is 9.29. The van der Waals surface area contributed by atoms with Crippen LogP contribution in [-0.4, -0.2) is 27.4 Å². The van der Waals surface area contributed by atoms with E-state index in [-0.39, 0.29) is 29.7 Å². The molecule has 0 amide bonds. The number of ether oxygens (including phenoxy) is 2. The highest BCUT2D eigenvalue weighted by Crippen LogP contribution is 1.92. The van der Waals surface area contributed by atoms with Crippen LogP contribution in [0.2, 0.25) is 0 Å². The van der Waals surface area contributed by atoms with E-state index in [1.807, 2.05) is 12.2 Å². The number of rotatable bonds is 6. The van der Waals surface area contributed by atoms with E-state index < -0.39 is 0 Å². The first-order chi connectivity index (χ1) is 6.72. The molecule has 0 N–H and O–H groups in total. The van der Waals surface area contributed by atoms with Crippen molar-refractivity contribution >= 4 is 0 Å². The van der Waals surface area contributed by atoms with Crippen molar-refractivity contribution in [3.8, 4) is 0 Å². The van der Waals surface area contributed by atoms with E-state index in [0.29, 0.717) is 5.92 Å². The average Bonchev–Trinajstić information content (AvgIpc) is 2.20. The molecule has 0 aliphatic heterocycles. The predicted octanol–water partition coefficient (Wildman–Crippen LogP) is 5.60. The smallest absolute Gasteiger partial charge is 0.0643 e. The maximum absolute atomic E-state index is 4.82. The molecular weight excluding hydrogens is 224 g/mol. The minimum Gasteiger partial charge on any atom is -0.384 e. The Hall–Kier alpha value is -0.600. The minimum absolute atomic E-state index is 0. The summed E-state index contributed by atoms with van der Waals surface area (Å²) in [5.74, 6) is 0.491. The molecule has 0 aliphatic carbocycles. The van der Waals surface area contributed by atoms with Crippen molar-refractivity contribution in [2.75, 3.05) is 27.4 Å². The van der Waals surface area contributed by atoms with Crippen molar-refractivity contribution in [1.29, 1.82) is 0 Å². The zero-order valence-corrected chi connectivity index (χ0v) is 9.95. The van der Waals surface area contributed by atoms with Gasteiger partial charge in [-0.2, -0.15) is 0 Å². The van der Waals surface area contributed by atoms with Gasteiger partial charge in [0, 0.05) is 14.2 Å². The van der Waals surface area contributed by atoms with E-state index in [0.717, 1.165) is 19.6 Å². The van der Waals surface area contributed by atoms with Gasteiger partial charge in [0.25, 0.3) is 0 Å². The van der Waals surface area contributed by atoms with Gasteiger partial charge in [-0.05, 0) is 12.3 Å². The molecule has 1 unspecified atom stereocenters. The van der Waals surface area contributed by atoms with Gasteiger partial charge in [0.1, 0.15) is 0 Å². The van der Waals surface area contributed by atoms with E-state index in [9.17, 15) is 0 Å². The van der Waals surface area contributed by atoms with Crippen LogP contribution in [0.25, 0.3) is 0 Å². The third-order valence-corrected chi connectivity index (χ3v) is 1.50. The van der Waals surface area contributed by atoms with Gasteiger partial charge in [0.2, 0.25) is 0 Å². The minimum atomic E-state index is 0. The van der Waals surface area contributed by atoms with Gasteiger partial charge in [0.15, 0.2) is 0 Å². The Labute approximate surface area is 118 Å². The van der Waals surface area contributed by atoms with Gasteiger partial charge in [-0.15, -0.1) is 6.58 Å². The molecule has 2 nitrogen and oxygen atoms in total. The summed E-state index contributed by atoms with van der Waals surface area (Å²) in [6.07, 6.45) is 7.08. The summed E-state index contributed by atoms with van der Waals surface area (Å²) >= 11 is 0. The fourth-order valence-electron chi connectivity index (χ4n) is 0.662. The average molecular weight is 264 g/mol. The summed E-state index contributed by atoms with van der Waals surface area (Å²) in [5, 5.41) is 0. The largest absolute Gasteiger partial charge is 0.384 e. The number of allylic oxidation sites excluding steroid dienone is 1. The van der Waals surface area contributed by atoms with Crippen LogP contribution in [-0.2, 0) is 9.47 Å². The van der Waals surface area contributed by atoms with E-state index in [2.05, 4.69) is 26.5 Å². The Kier molecular flexibility index (Phi) is 71.9. The van der Waals surface area contributed by atoms with Gasteiger partial charge >= 0.3 is 0 Å². The zero-order valence-electron chi connectivity index (χ0n) is 9.95. The second-order valence-corrected chi connectivity index (χ2v) is 3.00. The normalized spacial score (nSPS) is 9.33. The SMILES string of the molecule is C.C.C.C.C=CC(C)COC.CCC=CCOC. The number of hydrogen-bond donors (Lipinski definition) is 0. The maximum Gasteiger partial charge on any atom is 0.0643 e. The summed E-state index contributed by atoms with van der Waals surface area (Å²) in [6, 6.07) is 0. The highest BCUT2D eigenvalue weighted by Gasteiger charge is 1.89. The molecular formula is C16H40O2. The van der Waals surface area contributed by atoms with Crippen LogP contribution in [0.4, 0.5) is 0 Å². The van der Waals surface area contributed by atoms with Crippen LogP contribution < -0.4 is 0 Å². The van der Waals surface area contributed by atoms with E-state index in [4.69, 9.17) is 9.47 Å². The molecule has 0 aromatic carbocycles. The predicted molar refractivity (Wildman–Crippen MR) is 89.5 cm³/mol. The Morgan fingerprint density at radius 1 is 1.00 bits per heavy atom. The molecule has 0 rings (SSSR count).